The van der Waals surface area contributed by atoms with Crippen molar-refractivity contribution in [2.45, 2.75) is 25.8 Å². The van der Waals surface area contributed by atoms with E-state index in [0.717, 1.165) is 12.8 Å². The Balaban J connectivity index is 2.75. The van der Waals surface area contributed by atoms with Crippen LogP contribution in [0, 0.1) is 0 Å². The Hall–Kier alpha value is -0.880. The zero-order valence-corrected chi connectivity index (χ0v) is 8.87. The quantitative estimate of drug-likeness (QED) is 0.560. The summed E-state index contributed by atoms with van der Waals surface area (Å²) in [4.78, 5) is 2.84. The van der Waals surface area contributed by atoms with Gasteiger partial charge in [-0.2, -0.15) is 8.42 Å². The molecule has 0 amide bonds. The van der Waals surface area contributed by atoms with Gasteiger partial charge in [0.15, 0.2) is 0 Å². The van der Waals surface area contributed by atoms with Crippen LogP contribution < -0.4 is 4.57 Å². The SMILES string of the molecule is CCCC(CS(=O)(=O)O)[n+]1cc[nH]c1. The minimum atomic E-state index is -3.91. The van der Waals surface area contributed by atoms with Gasteiger partial charge in [-0.05, 0) is 6.42 Å². The molecule has 0 bridgehead atoms. The van der Waals surface area contributed by atoms with E-state index in [0.29, 0.717) is 0 Å². The van der Waals surface area contributed by atoms with Crippen LogP contribution in [0.3, 0.4) is 0 Å². The van der Waals surface area contributed by atoms with Crippen molar-refractivity contribution in [1.29, 1.82) is 0 Å². The van der Waals surface area contributed by atoms with Crippen molar-refractivity contribution >= 4 is 10.1 Å². The molecular formula is C8H15N2O3S+. The molecule has 1 rings (SSSR count). The Morgan fingerprint density at radius 2 is 2.29 bits per heavy atom. The third-order valence-corrected chi connectivity index (χ3v) is 2.82. The van der Waals surface area contributed by atoms with E-state index in [1.807, 2.05) is 6.92 Å². The van der Waals surface area contributed by atoms with E-state index >= 15 is 0 Å². The van der Waals surface area contributed by atoms with Gasteiger partial charge in [0.05, 0.1) is 0 Å². The number of aromatic amines is 1. The van der Waals surface area contributed by atoms with Crippen LogP contribution in [0.15, 0.2) is 18.7 Å². The molecule has 1 heterocycles. The van der Waals surface area contributed by atoms with Crippen molar-refractivity contribution in [3.63, 3.8) is 0 Å². The summed E-state index contributed by atoms with van der Waals surface area (Å²) < 4.78 is 32.0. The third-order valence-electron chi connectivity index (χ3n) is 2.01. The maximum absolute atomic E-state index is 10.7. The van der Waals surface area contributed by atoms with E-state index in [1.165, 1.54) is 0 Å². The van der Waals surface area contributed by atoms with Crippen LogP contribution in [-0.4, -0.2) is 23.7 Å². The predicted octanol–water partition coefficient (Wildman–Crippen LogP) is 0.531. The van der Waals surface area contributed by atoms with Gasteiger partial charge >= 0.3 is 0 Å². The zero-order chi connectivity index (χ0) is 10.6. The molecule has 6 heteroatoms. The minimum absolute atomic E-state index is 0.193. The molecule has 0 fully saturated rings. The molecule has 0 aromatic carbocycles. The maximum Gasteiger partial charge on any atom is 0.269 e. The Kier molecular flexibility index (Phi) is 3.65. The number of aromatic nitrogens is 2. The summed E-state index contributed by atoms with van der Waals surface area (Å²) in [5.41, 5.74) is 0. The molecule has 0 aliphatic carbocycles. The number of nitrogens with zero attached hydrogens (tertiary/aromatic N) is 1. The molecule has 0 saturated carbocycles. The molecule has 1 unspecified atom stereocenters. The van der Waals surface area contributed by atoms with Crippen LogP contribution in [0.4, 0.5) is 0 Å². The lowest BCUT2D eigenvalue weighted by Gasteiger charge is -2.10. The van der Waals surface area contributed by atoms with E-state index in [9.17, 15) is 8.42 Å². The molecule has 1 aromatic heterocycles. The maximum atomic E-state index is 10.7. The summed E-state index contributed by atoms with van der Waals surface area (Å²) in [5, 5.41) is 0. The van der Waals surface area contributed by atoms with Crippen LogP contribution in [0.5, 0.6) is 0 Å². The van der Waals surface area contributed by atoms with Crippen LogP contribution >= 0.6 is 0 Å². The van der Waals surface area contributed by atoms with Crippen molar-refractivity contribution in [2.24, 2.45) is 0 Å². The number of imidazole rings is 1. The van der Waals surface area contributed by atoms with Crippen molar-refractivity contribution in [1.82, 2.24) is 4.98 Å². The second-order valence-corrected chi connectivity index (χ2v) is 4.75. The highest BCUT2D eigenvalue weighted by molar-refractivity contribution is 7.85. The van der Waals surface area contributed by atoms with Crippen molar-refractivity contribution in [2.75, 3.05) is 5.75 Å². The van der Waals surface area contributed by atoms with Crippen LogP contribution in [0.2, 0.25) is 0 Å². The van der Waals surface area contributed by atoms with Crippen LogP contribution in [-0.2, 0) is 10.1 Å². The van der Waals surface area contributed by atoms with E-state index in [-0.39, 0.29) is 11.8 Å². The first-order valence-corrected chi connectivity index (χ1v) is 6.12. The van der Waals surface area contributed by atoms with Gasteiger partial charge in [0.25, 0.3) is 10.1 Å². The van der Waals surface area contributed by atoms with Crippen molar-refractivity contribution in [3.05, 3.63) is 18.7 Å². The molecule has 0 aliphatic rings. The van der Waals surface area contributed by atoms with Crippen LogP contribution in [0.25, 0.3) is 0 Å². The number of rotatable bonds is 5. The molecule has 80 valence electrons. The normalized spacial score (nSPS) is 14.1. The summed E-state index contributed by atoms with van der Waals surface area (Å²) in [7, 11) is -3.91. The zero-order valence-electron chi connectivity index (χ0n) is 8.05. The van der Waals surface area contributed by atoms with Gasteiger partial charge in [-0.3, -0.25) is 9.54 Å². The lowest BCUT2D eigenvalue weighted by Crippen LogP contribution is -2.41. The van der Waals surface area contributed by atoms with Crippen LogP contribution in [0.1, 0.15) is 25.8 Å². The average molecular weight is 219 g/mol. The highest BCUT2D eigenvalue weighted by Crippen LogP contribution is 2.08. The first-order chi connectivity index (χ1) is 6.53. The van der Waals surface area contributed by atoms with Gasteiger partial charge in [-0.25, -0.2) is 4.57 Å². The molecule has 1 aromatic rings. The Morgan fingerprint density at radius 1 is 1.57 bits per heavy atom. The Bertz CT molecular complexity index is 358. The summed E-state index contributed by atoms with van der Waals surface area (Å²) in [6.45, 7) is 1.98. The standard InChI is InChI=1S/C8H14N2O3S/c1-2-3-8(6-14(11,12)13)10-5-4-9-7-10/h4-5,7-8H,2-3,6H2,1H3,(H,11,12,13)/p+1. The highest BCUT2D eigenvalue weighted by Gasteiger charge is 2.21. The molecule has 1 atom stereocenters. The smallest absolute Gasteiger partial charge is 0.269 e. The molecule has 0 aliphatic heterocycles. The summed E-state index contributed by atoms with van der Waals surface area (Å²) in [5.74, 6) is -0.233. The monoisotopic (exact) mass is 219 g/mol. The van der Waals surface area contributed by atoms with Gasteiger partial charge < -0.3 is 0 Å². The average Bonchev–Trinajstić information content (AvgIpc) is 2.52. The summed E-state index contributed by atoms with van der Waals surface area (Å²) in [6.07, 6.45) is 6.75. The number of nitrogens with one attached hydrogen (secondary N) is 1. The lowest BCUT2D eigenvalue weighted by molar-refractivity contribution is -0.718. The predicted molar refractivity (Wildman–Crippen MR) is 51.3 cm³/mol. The van der Waals surface area contributed by atoms with E-state index in [4.69, 9.17) is 4.55 Å². The first kappa shape index (κ1) is 11.2. The molecule has 0 spiro atoms. The van der Waals surface area contributed by atoms with Crippen molar-refractivity contribution in [3.8, 4) is 0 Å². The molecule has 2 N–H and O–H groups in total. The molecular weight excluding hydrogens is 204 g/mol. The van der Waals surface area contributed by atoms with Gasteiger partial charge in [-0.15, -0.1) is 0 Å². The van der Waals surface area contributed by atoms with E-state index in [1.54, 1.807) is 23.3 Å². The third kappa shape index (κ3) is 3.47. The second kappa shape index (κ2) is 4.56. The highest BCUT2D eigenvalue weighted by atomic mass is 32.2. The van der Waals surface area contributed by atoms with Crippen molar-refractivity contribution < 1.29 is 17.5 Å². The number of hydrogen-bond acceptors (Lipinski definition) is 2. The van der Waals surface area contributed by atoms with E-state index in [2.05, 4.69) is 4.98 Å². The largest absolute Gasteiger partial charge is 0.285 e. The fraction of sp³-hybridized carbons (Fsp3) is 0.625. The summed E-state index contributed by atoms with van der Waals surface area (Å²) in [6, 6.07) is -0.193. The second-order valence-electron chi connectivity index (χ2n) is 3.25. The minimum Gasteiger partial charge on any atom is -0.285 e. The molecule has 0 saturated heterocycles. The summed E-state index contributed by atoms with van der Waals surface area (Å²) >= 11 is 0. The lowest BCUT2D eigenvalue weighted by atomic mass is 10.2. The molecule has 14 heavy (non-hydrogen) atoms. The van der Waals surface area contributed by atoms with E-state index < -0.39 is 10.1 Å². The topological polar surface area (TPSA) is 74.0 Å². The Morgan fingerprint density at radius 3 is 2.71 bits per heavy atom. The molecule has 5 nitrogen and oxygen atoms in total. The van der Waals surface area contributed by atoms with Gasteiger partial charge in [0, 0.05) is 0 Å². The first-order valence-electron chi connectivity index (χ1n) is 4.51. The fourth-order valence-electron chi connectivity index (χ4n) is 1.42. The van der Waals surface area contributed by atoms with Gasteiger partial charge in [0.2, 0.25) is 6.33 Å². The Labute approximate surface area is 83.5 Å². The van der Waals surface area contributed by atoms with Gasteiger partial charge in [0.1, 0.15) is 24.2 Å². The molecule has 0 radical (unpaired) electrons. The number of H-pyrrole nitrogens is 1. The number of hydrogen-bond donors (Lipinski definition) is 2. The fourth-order valence-corrected chi connectivity index (χ4v) is 2.25. The van der Waals surface area contributed by atoms with Gasteiger partial charge in [-0.1, -0.05) is 13.3 Å².